The van der Waals surface area contributed by atoms with Crippen LogP contribution in [0.1, 0.15) is 12.8 Å². The van der Waals surface area contributed by atoms with E-state index in [-0.39, 0.29) is 22.0 Å². The minimum Gasteiger partial charge on any atom is -0.385 e. The quantitative estimate of drug-likeness (QED) is 0.875. The molecule has 5 heteroatoms. The lowest BCUT2D eigenvalue weighted by Gasteiger charge is -2.26. The number of aliphatic hydroxyl groups is 1. The van der Waals surface area contributed by atoms with E-state index in [0.29, 0.717) is 6.42 Å². The smallest absolute Gasteiger partial charge is 0.205 e. The summed E-state index contributed by atoms with van der Waals surface area (Å²) < 4.78 is 30.3. The Morgan fingerprint density at radius 1 is 1.17 bits per heavy atom. The third kappa shape index (κ3) is 1.79. The van der Waals surface area contributed by atoms with Crippen LogP contribution in [-0.4, -0.2) is 31.8 Å². The van der Waals surface area contributed by atoms with Crippen molar-refractivity contribution in [2.45, 2.75) is 36.0 Å². The summed E-state index contributed by atoms with van der Waals surface area (Å²) in [6.45, 7) is 0. The van der Waals surface area contributed by atoms with E-state index in [1.165, 1.54) is 0 Å². The van der Waals surface area contributed by atoms with E-state index in [1.54, 1.807) is 36.4 Å². The van der Waals surface area contributed by atoms with Gasteiger partial charge in [-0.05, 0) is 31.1 Å². The van der Waals surface area contributed by atoms with Gasteiger partial charge in [-0.25, -0.2) is 8.42 Å². The second-order valence-corrected chi connectivity index (χ2v) is 6.57. The molecule has 0 unspecified atom stereocenters. The molecule has 2 bridgehead atoms. The van der Waals surface area contributed by atoms with Gasteiger partial charge in [0.25, 0.3) is 0 Å². The summed E-state index contributed by atoms with van der Waals surface area (Å²) in [5, 5.41) is 10.1. The average Bonchev–Trinajstić information content (AvgIpc) is 2.79. The Balaban J connectivity index is 2.05. The van der Waals surface area contributed by atoms with Crippen molar-refractivity contribution in [3.63, 3.8) is 0 Å². The van der Waals surface area contributed by atoms with Crippen molar-refractivity contribution in [1.29, 1.82) is 0 Å². The molecular formula is C13H14O4S. The summed E-state index contributed by atoms with van der Waals surface area (Å²) in [5.74, 6) is 0. The summed E-state index contributed by atoms with van der Waals surface area (Å²) in [4.78, 5) is 0.309. The van der Waals surface area contributed by atoms with Gasteiger partial charge in [-0.15, -0.1) is 0 Å². The molecule has 1 aromatic rings. The van der Waals surface area contributed by atoms with Gasteiger partial charge >= 0.3 is 0 Å². The maximum absolute atomic E-state index is 12.4. The zero-order valence-electron chi connectivity index (χ0n) is 9.69. The van der Waals surface area contributed by atoms with Gasteiger partial charge in [0.2, 0.25) is 9.84 Å². The molecule has 0 radical (unpaired) electrons. The Morgan fingerprint density at radius 3 is 2.61 bits per heavy atom. The minimum absolute atomic E-state index is 0.0902. The first-order valence-electron chi connectivity index (χ1n) is 5.94. The number of aliphatic hydroxyl groups excluding tert-OH is 1. The zero-order chi connectivity index (χ0) is 12.8. The number of fused-ring (bicyclic) bond motifs is 2. The minimum atomic E-state index is -3.61. The molecule has 0 saturated carbocycles. The molecule has 1 saturated heterocycles. The van der Waals surface area contributed by atoms with Crippen molar-refractivity contribution >= 4 is 9.84 Å². The van der Waals surface area contributed by atoms with Crippen LogP contribution in [0.25, 0.3) is 0 Å². The normalized spacial score (nSPS) is 31.2. The average molecular weight is 266 g/mol. The molecule has 18 heavy (non-hydrogen) atoms. The fourth-order valence-electron chi connectivity index (χ4n) is 2.49. The van der Waals surface area contributed by atoms with E-state index in [9.17, 15) is 13.5 Å². The summed E-state index contributed by atoms with van der Waals surface area (Å²) in [6.07, 6.45) is 1.43. The molecular weight excluding hydrogens is 252 g/mol. The highest BCUT2D eigenvalue weighted by Crippen LogP contribution is 2.36. The summed E-state index contributed by atoms with van der Waals surface area (Å²) in [5.41, 5.74) is 0. The SMILES string of the molecule is O=S(=O)(C1=C[C@H]2CC[C@H](O2)[C@H]1O)c1ccccc1. The summed E-state index contributed by atoms with van der Waals surface area (Å²) >= 11 is 0. The Bertz CT molecular complexity index is 576. The largest absolute Gasteiger partial charge is 0.385 e. The fraction of sp³-hybridized carbons (Fsp3) is 0.385. The van der Waals surface area contributed by atoms with Crippen molar-refractivity contribution in [3.05, 3.63) is 41.3 Å². The Morgan fingerprint density at radius 2 is 1.89 bits per heavy atom. The molecule has 0 amide bonds. The predicted octanol–water partition coefficient (Wildman–Crippen LogP) is 1.27. The topological polar surface area (TPSA) is 63.6 Å². The molecule has 4 nitrogen and oxygen atoms in total. The third-order valence-corrected chi connectivity index (χ3v) is 5.33. The molecule has 1 aromatic carbocycles. The van der Waals surface area contributed by atoms with Crippen molar-refractivity contribution < 1.29 is 18.3 Å². The summed E-state index contributed by atoms with van der Waals surface area (Å²) in [7, 11) is -3.61. The second-order valence-electron chi connectivity index (χ2n) is 4.62. The highest BCUT2D eigenvalue weighted by atomic mass is 32.2. The van der Waals surface area contributed by atoms with Crippen LogP contribution in [0.3, 0.4) is 0 Å². The van der Waals surface area contributed by atoms with Crippen molar-refractivity contribution in [2.75, 3.05) is 0 Å². The molecule has 2 aliphatic rings. The number of hydrogen-bond donors (Lipinski definition) is 1. The van der Waals surface area contributed by atoms with Gasteiger partial charge in [-0.1, -0.05) is 18.2 Å². The maximum Gasteiger partial charge on any atom is 0.205 e. The lowest BCUT2D eigenvalue weighted by Crippen LogP contribution is -2.35. The molecule has 3 atom stereocenters. The van der Waals surface area contributed by atoms with Crippen LogP contribution in [0.15, 0.2) is 46.2 Å². The van der Waals surface area contributed by atoms with Gasteiger partial charge in [0.15, 0.2) is 0 Å². The molecule has 0 aliphatic carbocycles. The van der Waals surface area contributed by atoms with Gasteiger partial charge in [-0.3, -0.25) is 0 Å². The molecule has 1 fully saturated rings. The van der Waals surface area contributed by atoms with Crippen LogP contribution >= 0.6 is 0 Å². The molecule has 2 heterocycles. The van der Waals surface area contributed by atoms with Crippen molar-refractivity contribution in [3.8, 4) is 0 Å². The summed E-state index contributed by atoms with van der Waals surface area (Å²) in [6, 6.07) is 8.19. The lowest BCUT2D eigenvalue weighted by molar-refractivity contribution is -0.0140. The lowest BCUT2D eigenvalue weighted by atomic mass is 10.1. The molecule has 2 aliphatic heterocycles. The van der Waals surface area contributed by atoms with Crippen molar-refractivity contribution in [1.82, 2.24) is 0 Å². The van der Waals surface area contributed by atoms with E-state index < -0.39 is 15.9 Å². The van der Waals surface area contributed by atoms with Crippen molar-refractivity contribution in [2.24, 2.45) is 0 Å². The van der Waals surface area contributed by atoms with E-state index >= 15 is 0 Å². The molecule has 1 N–H and O–H groups in total. The number of rotatable bonds is 2. The number of sulfone groups is 1. The first kappa shape index (κ1) is 11.9. The molecule has 0 spiro atoms. The van der Waals surface area contributed by atoms with Gasteiger partial charge < -0.3 is 9.84 Å². The Labute approximate surface area is 106 Å². The van der Waals surface area contributed by atoms with Gasteiger partial charge in [-0.2, -0.15) is 0 Å². The van der Waals surface area contributed by atoms with Crippen LogP contribution < -0.4 is 0 Å². The maximum atomic E-state index is 12.4. The van der Waals surface area contributed by atoms with E-state index in [2.05, 4.69) is 0 Å². The van der Waals surface area contributed by atoms with E-state index in [0.717, 1.165) is 6.42 Å². The van der Waals surface area contributed by atoms with E-state index in [1.807, 2.05) is 0 Å². The highest BCUT2D eigenvalue weighted by molar-refractivity contribution is 7.95. The first-order chi connectivity index (χ1) is 8.59. The Hall–Kier alpha value is -1.17. The van der Waals surface area contributed by atoms with Crippen LogP contribution in [0.2, 0.25) is 0 Å². The van der Waals surface area contributed by atoms with Gasteiger partial charge in [0, 0.05) is 0 Å². The van der Waals surface area contributed by atoms with E-state index in [4.69, 9.17) is 4.74 Å². The highest BCUT2D eigenvalue weighted by Gasteiger charge is 2.41. The second kappa shape index (κ2) is 4.19. The monoisotopic (exact) mass is 266 g/mol. The standard InChI is InChI=1S/C13H14O4S/c14-13-11-7-6-9(17-11)8-12(13)18(15,16)10-4-2-1-3-5-10/h1-5,8-9,11,13-14H,6-7H2/t9-,11+,13-/m1/s1. The van der Waals surface area contributed by atoms with Crippen LogP contribution in [0, 0.1) is 0 Å². The predicted molar refractivity (Wildman–Crippen MR) is 65.6 cm³/mol. The molecule has 0 aromatic heterocycles. The van der Waals surface area contributed by atoms with Crippen LogP contribution in [-0.2, 0) is 14.6 Å². The number of ether oxygens (including phenoxy) is 1. The van der Waals surface area contributed by atoms with Crippen LogP contribution in [0.5, 0.6) is 0 Å². The first-order valence-corrected chi connectivity index (χ1v) is 7.43. The van der Waals surface area contributed by atoms with Gasteiger partial charge in [0.1, 0.15) is 6.10 Å². The zero-order valence-corrected chi connectivity index (χ0v) is 10.5. The fourth-order valence-corrected chi connectivity index (χ4v) is 4.08. The van der Waals surface area contributed by atoms with Crippen LogP contribution in [0.4, 0.5) is 0 Å². The number of benzene rings is 1. The Kier molecular flexibility index (Phi) is 2.77. The van der Waals surface area contributed by atoms with Gasteiger partial charge in [0.05, 0.1) is 22.0 Å². The number of hydrogen-bond acceptors (Lipinski definition) is 4. The third-order valence-electron chi connectivity index (χ3n) is 3.44. The molecule has 3 rings (SSSR count). The molecule has 96 valence electrons.